The fraction of sp³-hybridized carbons (Fsp3) is 0.611. The molecule has 1 aliphatic rings. The predicted molar refractivity (Wildman–Crippen MR) is 87.4 cm³/mol. The highest BCUT2D eigenvalue weighted by atomic mass is 19.1. The van der Waals surface area contributed by atoms with Crippen molar-refractivity contribution in [2.75, 3.05) is 32.7 Å². The zero-order valence-electron chi connectivity index (χ0n) is 13.7. The zero-order valence-corrected chi connectivity index (χ0v) is 13.7. The Labute approximate surface area is 133 Å². The van der Waals surface area contributed by atoms with Gasteiger partial charge in [0.05, 0.1) is 0 Å². The van der Waals surface area contributed by atoms with Gasteiger partial charge >= 0.3 is 0 Å². The van der Waals surface area contributed by atoms with Crippen LogP contribution in [0, 0.1) is 5.82 Å². The summed E-state index contributed by atoms with van der Waals surface area (Å²) in [5, 5.41) is 0. The molecular formula is C18H27FN2O. The maximum absolute atomic E-state index is 13.1. The molecule has 0 spiro atoms. The number of carbonyl (C=O) groups excluding carboxylic acids is 1. The van der Waals surface area contributed by atoms with Gasteiger partial charge in [0.15, 0.2) is 0 Å². The lowest BCUT2D eigenvalue weighted by molar-refractivity contribution is -0.133. The van der Waals surface area contributed by atoms with E-state index in [1.807, 2.05) is 17.0 Å². The van der Waals surface area contributed by atoms with E-state index in [-0.39, 0.29) is 17.6 Å². The number of amides is 1. The van der Waals surface area contributed by atoms with Crippen LogP contribution in [0.2, 0.25) is 0 Å². The van der Waals surface area contributed by atoms with Gasteiger partial charge in [-0.3, -0.25) is 4.79 Å². The Balaban J connectivity index is 1.95. The minimum absolute atomic E-state index is 0.197. The van der Waals surface area contributed by atoms with Crippen molar-refractivity contribution in [3.63, 3.8) is 0 Å². The van der Waals surface area contributed by atoms with Crippen LogP contribution < -0.4 is 0 Å². The molecule has 122 valence electrons. The second-order valence-corrected chi connectivity index (χ2v) is 6.06. The fourth-order valence-electron chi connectivity index (χ4n) is 3.12. The summed E-state index contributed by atoms with van der Waals surface area (Å²) in [5.74, 6) is 0.210. The fourth-order valence-corrected chi connectivity index (χ4v) is 3.12. The summed E-state index contributed by atoms with van der Waals surface area (Å²) in [7, 11) is 0. The number of carbonyl (C=O) groups is 1. The van der Waals surface area contributed by atoms with Crippen molar-refractivity contribution in [3.05, 3.63) is 35.6 Å². The molecule has 0 N–H and O–H groups in total. The highest BCUT2D eigenvalue weighted by molar-refractivity contribution is 5.77. The van der Waals surface area contributed by atoms with E-state index in [9.17, 15) is 9.18 Å². The molecule has 0 radical (unpaired) electrons. The molecule has 4 heteroatoms. The molecule has 1 aliphatic heterocycles. The molecule has 2 rings (SSSR count). The number of halogens is 1. The first-order valence-corrected chi connectivity index (χ1v) is 8.39. The third-order valence-electron chi connectivity index (χ3n) is 4.57. The number of benzene rings is 1. The summed E-state index contributed by atoms with van der Waals surface area (Å²) < 4.78 is 13.1. The van der Waals surface area contributed by atoms with E-state index in [1.54, 1.807) is 0 Å². The summed E-state index contributed by atoms with van der Waals surface area (Å²) in [6, 6.07) is 6.61. The minimum atomic E-state index is -0.221. The minimum Gasteiger partial charge on any atom is -0.340 e. The standard InChI is InChI=1S/C18H27FN2O/c1-3-5-16(15-6-8-17(19)9-7-15)14-18(22)21-12-10-20(4-2)11-13-21/h6-9,16H,3-5,10-14H2,1-2H3. The lowest BCUT2D eigenvalue weighted by Gasteiger charge is -2.34. The maximum Gasteiger partial charge on any atom is 0.223 e. The van der Waals surface area contributed by atoms with Crippen molar-refractivity contribution in [1.82, 2.24) is 9.80 Å². The quantitative estimate of drug-likeness (QED) is 0.805. The highest BCUT2D eigenvalue weighted by Gasteiger charge is 2.23. The van der Waals surface area contributed by atoms with Crippen LogP contribution in [0.15, 0.2) is 24.3 Å². The number of hydrogen-bond donors (Lipinski definition) is 0. The van der Waals surface area contributed by atoms with Gasteiger partial charge in [-0.2, -0.15) is 0 Å². The van der Waals surface area contributed by atoms with E-state index < -0.39 is 0 Å². The zero-order chi connectivity index (χ0) is 15.9. The molecule has 3 nitrogen and oxygen atoms in total. The van der Waals surface area contributed by atoms with Crippen LogP contribution in [-0.4, -0.2) is 48.4 Å². The molecular weight excluding hydrogens is 279 g/mol. The van der Waals surface area contributed by atoms with Gasteiger partial charge in [0.2, 0.25) is 5.91 Å². The third kappa shape index (κ3) is 4.54. The molecule has 0 aromatic heterocycles. The van der Waals surface area contributed by atoms with Crippen LogP contribution in [0.25, 0.3) is 0 Å². The number of likely N-dealkylation sites (N-methyl/N-ethyl adjacent to an activating group) is 1. The predicted octanol–water partition coefficient (Wildman–Crippen LogP) is 3.26. The van der Waals surface area contributed by atoms with E-state index in [1.165, 1.54) is 12.1 Å². The van der Waals surface area contributed by atoms with Gasteiger partial charge in [-0.1, -0.05) is 32.4 Å². The van der Waals surface area contributed by atoms with E-state index in [0.717, 1.165) is 51.1 Å². The Morgan fingerprint density at radius 3 is 2.32 bits per heavy atom. The number of nitrogens with zero attached hydrogens (tertiary/aromatic N) is 2. The second kappa shape index (κ2) is 8.28. The lowest BCUT2D eigenvalue weighted by atomic mass is 9.91. The van der Waals surface area contributed by atoms with Crippen LogP contribution in [-0.2, 0) is 4.79 Å². The summed E-state index contributed by atoms with van der Waals surface area (Å²) in [6.45, 7) is 8.93. The molecule has 0 bridgehead atoms. The van der Waals surface area contributed by atoms with Crippen molar-refractivity contribution in [2.24, 2.45) is 0 Å². The molecule has 1 aromatic carbocycles. The van der Waals surface area contributed by atoms with Crippen LogP contribution in [0.1, 0.15) is 44.6 Å². The van der Waals surface area contributed by atoms with E-state index in [4.69, 9.17) is 0 Å². The molecule has 1 saturated heterocycles. The Morgan fingerprint density at radius 1 is 1.14 bits per heavy atom. The molecule has 1 fully saturated rings. The molecule has 1 aromatic rings. The first-order valence-electron chi connectivity index (χ1n) is 8.39. The van der Waals surface area contributed by atoms with Crippen molar-refractivity contribution in [3.8, 4) is 0 Å². The van der Waals surface area contributed by atoms with Gasteiger partial charge in [0.1, 0.15) is 5.82 Å². The Kier molecular flexibility index (Phi) is 6.37. The van der Waals surface area contributed by atoms with Crippen LogP contribution in [0.3, 0.4) is 0 Å². The first-order chi connectivity index (χ1) is 10.6. The average Bonchev–Trinajstić information content (AvgIpc) is 2.55. The number of rotatable bonds is 6. The smallest absolute Gasteiger partial charge is 0.223 e. The van der Waals surface area contributed by atoms with Crippen molar-refractivity contribution < 1.29 is 9.18 Å². The normalized spacial score (nSPS) is 17.5. The average molecular weight is 306 g/mol. The van der Waals surface area contributed by atoms with Gasteiger partial charge in [0, 0.05) is 32.6 Å². The largest absolute Gasteiger partial charge is 0.340 e. The Bertz CT molecular complexity index is 466. The maximum atomic E-state index is 13.1. The van der Waals surface area contributed by atoms with Gasteiger partial charge in [-0.25, -0.2) is 4.39 Å². The van der Waals surface area contributed by atoms with E-state index in [0.29, 0.717) is 6.42 Å². The van der Waals surface area contributed by atoms with Crippen LogP contribution in [0.5, 0.6) is 0 Å². The summed E-state index contributed by atoms with van der Waals surface area (Å²) >= 11 is 0. The molecule has 1 amide bonds. The summed E-state index contributed by atoms with van der Waals surface area (Å²) in [6.07, 6.45) is 2.52. The number of hydrogen-bond acceptors (Lipinski definition) is 2. The monoisotopic (exact) mass is 306 g/mol. The second-order valence-electron chi connectivity index (χ2n) is 6.06. The first kappa shape index (κ1) is 16.9. The third-order valence-corrected chi connectivity index (χ3v) is 4.57. The van der Waals surface area contributed by atoms with Crippen molar-refractivity contribution in [2.45, 2.75) is 39.0 Å². The summed E-state index contributed by atoms with van der Waals surface area (Å²) in [4.78, 5) is 16.9. The summed E-state index contributed by atoms with van der Waals surface area (Å²) in [5.41, 5.74) is 1.07. The van der Waals surface area contributed by atoms with Gasteiger partial charge in [-0.05, 0) is 36.6 Å². The molecule has 0 aliphatic carbocycles. The Hall–Kier alpha value is -1.42. The number of piperazine rings is 1. The Morgan fingerprint density at radius 2 is 1.77 bits per heavy atom. The van der Waals surface area contributed by atoms with Gasteiger partial charge in [0.25, 0.3) is 0 Å². The van der Waals surface area contributed by atoms with Crippen molar-refractivity contribution in [1.29, 1.82) is 0 Å². The van der Waals surface area contributed by atoms with E-state index in [2.05, 4.69) is 18.7 Å². The van der Waals surface area contributed by atoms with Gasteiger partial charge < -0.3 is 9.80 Å². The highest BCUT2D eigenvalue weighted by Crippen LogP contribution is 2.26. The van der Waals surface area contributed by atoms with Gasteiger partial charge in [-0.15, -0.1) is 0 Å². The van der Waals surface area contributed by atoms with E-state index >= 15 is 0 Å². The lowest BCUT2D eigenvalue weighted by Crippen LogP contribution is -2.48. The molecule has 22 heavy (non-hydrogen) atoms. The van der Waals surface area contributed by atoms with Crippen molar-refractivity contribution >= 4 is 5.91 Å². The topological polar surface area (TPSA) is 23.6 Å². The molecule has 1 unspecified atom stereocenters. The van der Waals surface area contributed by atoms with Crippen LogP contribution >= 0.6 is 0 Å². The van der Waals surface area contributed by atoms with Crippen LogP contribution in [0.4, 0.5) is 4.39 Å². The molecule has 0 saturated carbocycles. The SMILES string of the molecule is CCCC(CC(=O)N1CCN(CC)CC1)c1ccc(F)cc1. The molecule has 1 heterocycles. The molecule has 1 atom stereocenters.